The van der Waals surface area contributed by atoms with E-state index < -0.39 is 36.7 Å². The summed E-state index contributed by atoms with van der Waals surface area (Å²) in [7, 11) is 0. The van der Waals surface area contributed by atoms with Gasteiger partial charge in [-0.25, -0.2) is 4.39 Å². The number of hydrogen-bond acceptors (Lipinski definition) is 5. The standard InChI is InChI=1S/C12H19FO5/c1-11(2)15-7-6(5-13)14-10-9(8(7)16-11)17-12(3,4)18-10/h6-10H,5H2,1-4H3/t6-,7+,8+,9-,10-/m1/s1. The van der Waals surface area contributed by atoms with Gasteiger partial charge in [-0.1, -0.05) is 0 Å². The highest BCUT2D eigenvalue weighted by molar-refractivity contribution is 4.99. The van der Waals surface area contributed by atoms with Crippen LogP contribution in [0.4, 0.5) is 4.39 Å². The van der Waals surface area contributed by atoms with Crippen molar-refractivity contribution in [3.05, 3.63) is 0 Å². The van der Waals surface area contributed by atoms with Crippen LogP contribution in [0.3, 0.4) is 0 Å². The maximum absolute atomic E-state index is 13.1. The molecule has 0 aromatic heterocycles. The van der Waals surface area contributed by atoms with E-state index in [1.807, 2.05) is 0 Å². The van der Waals surface area contributed by atoms with Crippen LogP contribution in [0.15, 0.2) is 0 Å². The molecule has 3 rings (SSSR count). The van der Waals surface area contributed by atoms with E-state index >= 15 is 0 Å². The molecule has 0 saturated carbocycles. The van der Waals surface area contributed by atoms with E-state index in [0.29, 0.717) is 0 Å². The van der Waals surface area contributed by atoms with Crippen molar-refractivity contribution in [3.8, 4) is 0 Å². The Morgan fingerprint density at radius 1 is 0.833 bits per heavy atom. The molecule has 0 aromatic rings. The second-order valence-corrected chi connectivity index (χ2v) is 5.86. The van der Waals surface area contributed by atoms with Crippen molar-refractivity contribution in [1.82, 2.24) is 0 Å². The van der Waals surface area contributed by atoms with Crippen LogP contribution >= 0.6 is 0 Å². The summed E-state index contributed by atoms with van der Waals surface area (Å²) in [6, 6.07) is 0. The zero-order chi connectivity index (χ0) is 13.1. The van der Waals surface area contributed by atoms with Crippen molar-refractivity contribution in [2.75, 3.05) is 6.67 Å². The largest absolute Gasteiger partial charge is 0.342 e. The lowest BCUT2D eigenvalue weighted by atomic mass is 10.00. The predicted molar refractivity (Wildman–Crippen MR) is 58.5 cm³/mol. The van der Waals surface area contributed by atoms with Crippen molar-refractivity contribution in [2.24, 2.45) is 0 Å². The summed E-state index contributed by atoms with van der Waals surface area (Å²) < 4.78 is 41.6. The third-order valence-electron chi connectivity index (χ3n) is 3.40. The van der Waals surface area contributed by atoms with Crippen molar-refractivity contribution < 1.29 is 28.1 Å². The van der Waals surface area contributed by atoms with E-state index in [-0.39, 0.29) is 12.2 Å². The highest BCUT2D eigenvalue weighted by atomic mass is 19.1. The Bertz CT molecular complexity index is 345. The van der Waals surface area contributed by atoms with Gasteiger partial charge in [0.15, 0.2) is 17.9 Å². The van der Waals surface area contributed by atoms with Crippen molar-refractivity contribution in [1.29, 1.82) is 0 Å². The minimum absolute atomic E-state index is 0.360. The minimum Gasteiger partial charge on any atom is -0.342 e. The molecule has 3 saturated heterocycles. The van der Waals surface area contributed by atoms with E-state index in [0.717, 1.165) is 0 Å². The lowest BCUT2D eigenvalue weighted by molar-refractivity contribution is -0.236. The van der Waals surface area contributed by atoms with Crippen molar-refractivity contribution in [3.63, 3.8) is 0 Å². The molecule has 0 amide bonds. The molecule has 3 heterocycles. The molecule has 0 aliphatic carbocycles. The van der Waals surface area contributed by atoms with Gasteiger partial charge in [-0.05, 0) is 27.7 Å². The maximum Gasteiger partial charge on any atom is 0.190 e. The normalized spacial score (nSPS) is 48.8. The highest BCUT2D eigenvalue weighted by Crippen LogP contribution is 2.43. The molecule has 0 aromatic carbocycles. The van der Waals surface area contributed by atoms with Crippen LogP contribution in [0.1, 0.15) is 27.7 Å². The van der Waals surface area contributed by atoms with Gasteiger partial charge in [0, 0.05) is 0 Å². The topological polar surface area (TPSA) is 46.2 Å². The molecule has 6 heteroatoms. The second-order valence-electron chi connectivity index (χ2n) is 5.86. The van der Waals surface area contributed by atoms with E-state index in [1.165, 1.54) is 0 Å². The molecule has 3 fully saturated rings. The summed E-state index contributed by atoms with van der Waals surface area (Å²) >= 11 is 0. The van der Waals surface area contributed by atoms with E-state index in [1.54, 1.807) is 27.7 Å². The summed E-state index contributed by atoms with van der Waals surface area (Å²) in [4.78, 5) is 0. The van der Waals surface area contributed by atoms with Gasteiger partial charge in [-0.2, -0.15) is 0 Å². The first-order chi connectivity index (χ1) is 8.31. The van der Waals surface area contributed by atoms with Gasteiger partial charge in [0.2, 0.25) is 0 Å². The van der Waals surface area contributed by atoms with Crippen LogP contribution in [-0.2, 0) is 23.7 Å². The monoisotopic (exact) mass is 262 g/mol. The molecule has 18 heavy (non-hydrogen) atoms. The third kappa shape index (κ3) is 1.96. The first-order valence-corrected chi connectivity index (χ1v) is 6.24. The Morgan fingerprint density at radius 3 is 2.06 bits per heavy atom. The quantitative estimate of drug-likeness (QED) is 0.714. The van der Waals surface area contributed by atoms with Crippen molar-refractivity contribution >= 4 is 0 Å². The maximum atomic E-state index is 13.1. The number of ether oxygens (including phenoxy) is 5. The highest BCUT2D eigenvalue weighted by Gasteiger charge is 2.60. The zero-order valence-corrected chi connectivity index (χ0v) is 11.0. The zero-order valence-electron chi connectivity index (χ0n) is 11.0. The van der Waals surface area contributed by atoms with E-state index in [9.17, 15) is 4.39 Å². The third-order valence-corrected chi connectivity index (χ3v) is 3.40. The predicted octanol–water partition coefficient (Wildman–Crippen LogP) is 1.35. The van der Waals surface area contributed by atoms with Gasteiger partial charge in [-0.15, -0.1) is 0 Å². The SMILES string of the molecule is CC1(C)O[C@H]2[C@@H](O1)[C@@H](CF)O[C@@H]1OC(C)(C)O[C@@H]12. The molecule has 0 radical (unpaired) electrons. The number of rotatable bonds is 1. The Kier molecular flexibility index (Phi) is 2.74. The summed E-state index contributed by atoms with van der Waals surface area (Å²) in [6.45, 7) is 6.57. The fourth-order valence-corrected chi connectivity index (χ4v) is 2.82. The molecule has 5 atom stereocenters. The molecule has 0 spiro atoms. The lowest BCUT2D eigenvalue weighted by Crippen LogP contribution is -2.55. The summed E-state index contributed by atoms with van der Waals surface area (Å²) in [5.74, 6) is -1.50. The van der Waals surface area contributed by atoms with Gasteiger partial charge < -0.3 is 23.7 Å². The van der Waals surface area contributed by atoms with Crippen LogP contribution in [-0.4, -0.2) is 49.0 Å². The second kappa shape index (κ2) is 3.86. The van der Waals surface area contributed by atoms with Crippen LogP contribution in [0, 0.1) is 0 Å². The Labute approximate surface area is 105 Å². The fourth-order valence-electron chi connectivity index (χ4n) is 2.82. The number of hydrogen-bond donors (Lipinski definition) is 0. The fraction of sp³-hybridized carbons (Fsp3) is 1.00. The Hall–Kier alpha value is -0.270. The lowest BCUT2D eigenvalue weighted by Gasteiger charge is -2.35. The minimum atomic E-state index is -0.753. The number of halogens is 1. The first-order valence-electron chi connectivity index (χ1n) is 6.24. The van der Waals surface area contributed by atoms with Crippen molar-refractivity contribution in [2.45, 2.75) is 70.0 Å². The average Bonchev–Trinajstić information content (AvgIpc) is 2.71. The van der Waals surface area contributed by atoms with Crippen LogP contribution in [0.2, 0.25) is 0 Å². The summed E-state index contributed by atoms with van der Waals surface area (Å²) in [5, 5.41) is 0. The van der Waals surface area contributed by atoms with Gasteiger partial charge in [0.05, 0.1) is 0 Å². The molecule has 0 bridgehead atoms. The molecule has 0 unspecified atom stereocenters. The molecule has 104 valence electrons. The van der Waals surface area contributed by atoms with E-state index in [2.05, 4.69) is 0 Å². The molecular weight excluding hydrogens is 243 g/mol. The van der Waals surface area contributed by atoms with Crippen LogP contribution in [0.25, 0.3) is 0 Å². The average molecular weight is 262 g/mol. The molecule has 3 aliphatic rings. The smallest absolute Gasteiger partial charge is 0.190 e. The molecule has 3 aliphatic heterocycles. The Balaban J connectivity index is 1.86. The first kappa shape index (κ1) is 12.7. The van der Waals surface area contributed by atoms with Gasteiger partial charge >= 0.3 is 0 Å². The van der Waals surface area contributed by atoms with Gasteiger partial charge in [0.1, 0.15) is 31.1 Å². The van der Waals surface area contributed by atoms with Gasteiger partial charge in [-0.3, -0.25) is 0 Å². The summed E-state index contributed by atoms with van der Waals surface area (Å²) in [5.41, 5.74) is 0. The van der Waals surface area contributed by atoms with E-state index in [4.69, 9.17) is 23.7 Å². The van der Waals surface area contributed by atoms with Crippen LogP contribution in [0.5, 0.6) is 0 Å². The van der Waals surface area contributed by atoms with Gasteiger partial charge in [0.25, 0.3) is 0 Å². The summed E-state index contributed by atoms with van der Waals surface area (Å²) in [6.07, 6.45) is -2.46. The Morgan fingerprint density at radius 2 is 1.39 bits per heavy atom. The molecule has 0 N–H and O–H groups in total. The number of fused-ring (bicyclic) bond motifs is 3. The molecular formula is C12H19FO5. The van der Waals surface area contributed by atoms with Crippen LogP contribution < -0.4 is 0 Å². The molecule has 5 nitrogen and oxygen atoms in total. The number of alkyl halides is 1.